The van der Waals surface area contributed by atoms with E-state index in [9.17, 15) is 9.59 Å². The molecule has 3 rings (SSSR count). The van der Waals surface area contributed by atoms with E-state index in [2.05, 4.69) is 15.4 Å². The molecule has 1 aliphatic heterocycles. The zero-order chi connectivity index (χ0) is 19.4. The number of hydrogen-bond acceptors (Lipinski definition) is 6. The molecule has 2 heterocycles. The number of hydrogen-bond donors (Lipinski definition) is 1. The number of aliphatic carboxylic acids is 1. The van der Waals surface area contributed by atoms with Crippen LogP contribution in [0, 0.1) is 0 Å². The summed E-state index contributed by atoms with van der Waals surface area (Å²) in [5.41, 5.74) is 0.751. The second kappa shape index (κ2) is 8.45. The molecule has 9 nitrogen and oxygen atoms in total. The first-order valence-electron chi connectivity index (χ1n) is 8.65. The third kappa shape index (κ3) is 4.61. The lowest BCUT2D eigenvalue weighted by molar-refractivity contribution is -0.149. The van der Waals surface area contributed by atoms with E-state index in [1.165, 1.54) is 4.80 Å². The Morgan fingerprint density at radius 1 is 1.37 bits per heavy atom. The molecule has 1 aromatic heterocycles. The molecule has 1 fully saturated rings. The highest BCUT2D eigenvalue weighted by atomic mass is 35.5. The Morgan fingerprint density at radius 3 is 2.78 bits per heavy atom. The van der Waals surface area contributed by atoms with Gasteiger partial charge in [-0.15, -0.1) is 10.2 Å². The van der Waals surface area contributed by atoms with E-state index in [0.717, 1.165) is 5.56 Å². The highest BCUT2D eigenvalue weighted by molar-refractivity contribution is 6.30. The number of carbonyl (C=O) groups excluding carboxylic acids is 1. The van der Waals surface area contributed by atoms with Crippen LogP contribution in [0.25, 0.3) is 11.4 Å². The molecule has 144 valence electrons. The molecule has 1 aliphatic rings. The van der Waals surface area contributed by atoms with Gasteiger partial charge in [-0.3, -0.25) is 9.59 Å². The molecule has 27 heavy (non-hydrogen) atoms. The number of ether oxygens (including phenoxy) is 1. The predicted molar refractivity (Wildman–Crippen MR) is 96.2 cm³/mol. The van der Waals surface area contributed by atoms with Crippen molar-refractivity contribution in [2.45, 2.75) is 31.9 Å². The van der Waals surface area contributed by atoms with Gasteiger partial charge in [0.2, 0.25) is 11.7 Å². The highest BCUT2D eigenvalue weighted by Gasteiger charge is 2.31. The van der Waals surface area contributed by atoms with Crippen LogP contribution in [0.3, 0.4) is 0 Å². The third-order valence-corrected chi connectivity index (χ3v) is 4.59. The van der Waals surface area contributed by atoms with E-state index in [1.807, 2.05) is 6.92 Å². The zero-order valence-corrected chi connectivity index (χ0v) is 15.5. The summed E-state index contributed by atoms with van der Waals surface area (Å²) in [6, 6.07) is 6.42. The standard InChI is InChI=1S/C17H20ClN5O4/c1-2-14(17(26)22-7-8-27-13(10-22)9-15(24)25)23-20-16(19-21-23)11-3-5-12(18)6-4-11/h3-6,13-14H,2,7-10H2,1H3,(H,24,25)/t13-,14-/m0/s1. The first-order valence-corrected chi connectivity index (χ1v) is 9.03. The van der Waals surface area contributed by atoms with Gasteiger partial charge in [-0.05, 0) is 35.9 Å². The zero-order valence-electron chi connectivity index (χ0n) is 14.8. The number of tetrazole rings is 1. The van der Waals surface area contributed by atoms with E-state index in [1.54, 1.807) is 29.2 Å². The number of carbonyl (C=O) groups is 2. The van der Waals surface area contributed by atoms with Crippen LogP contribution in [-0.4, -0.2) is 67.9 Å². The fraction of sp³-hybridized carbons (Fsp3) is 0.471. The van der Waals surface area contributed by atoms with Gasteiger partial charge in [0.25, 0.3) is 0 Å². The van der Waals surface area contributed by atoms with Gasteiger partial charge in [0.1, 0.15) is 0 Å². The van der Waals surface area contributed by atoms with Crippen molar-refractivity contribution in [3.8, 4) is 11.4 Å². The molecule has 2 aromatic rings. The molecule has 1 N–H and O–H groups in total. The molecule has 0 saturated carbocycles. The maximum absolute atomic E-state index is 12.9. The van der Waals surface area contributed by atoms with Crippen molar-refractivity contribution < 1.29 is 19.4 Å². The Kier molecular flexibility index (Phi) is 6.02. The smallest absolute Gasteiger partial charge is 0.306 e. The number of benzene rings is 1. The second-order valence-electron chi connectivity index (χ2n) is 6.24. The predicted octanol–water partition coefficient (Wildman–Crippen LogP) is 1.65. The van der Waals surface area contributed by atoms with Crippen LogP contribution in [0.4, 0.5) is 0 Å². The number of rotatable bonds is 6. The van der Waals surface area contributed by atoms with Crippen molar-refractivity contribution in [3.05, 3.63) is 29.3 Å². The summed E-state index contributed by atoms with van der Waals surface area (Å²) in [5, 5.41) is 22.0. The van der Waals surface area contributed by atoms with Crippen molar-refractivity contribution in [1.82, 2.24) is 25.1 Å². The van der Waals surface area contributed by atoms with E-state index in [0.29, 0.717) is 30.4 Å². The van der Waals surface area contributed by atoms with E-state index < -0.39 is 18.1 Å². The average Bonchev–Trinajstić information content (AvgIpc) is 3.12. The first-order chi connectivity index (χ1) is 13.0. The van der Waals surface area contributed by atoms with Crippen LogP contribution < -0.4 is 0 Å². The van der Waals surface area contributed by atoms with Crippen molar-refractivity contribution in [2.24, 2.45) is 0 Å². The Hall–Kier alpha value is -2.52. The van der Waals surface area contributed by atoms with E-state index in [-0.39, 0.29) is 18.9 Å². The summed E-state index contributed by atoms with van der Waals surface area (Å²) in [5.74, 6) is -0.716. The number of amides is 1. The Labute approximate surface area is 160 Å². The topological polar surface area (TPSA) is 110 Å². The van der Waals surface area contributed by atoms with Crippen LogP contribution in [0.5, 0.6) is 0 Å². The van der Waals surface area contributed by atoms with Gasteiger partial charge < -0.3 is 14.7 Å². The number of carboxylic acid groups (broad SMARTS) is 1. The molecular weight excluding hydrogens is 374 g/mol. The third-order valence-electron chi connectivity index (χ3n) is 4.33. The van der Waals surface area contributed by atoms with Gasteiger partial charge in [-0.1, -0.05) is 18.5 Å². The largest absolute Gasteiger partial charge is 0.481 e. The normalized spacial score (nSPS) is 18.3. The molecule has 2 atom stereocenters. The average molecular weight is 394 g/mol. The van der Waals surface area contributed by atoms with Gasteiger partial charge in [0.05, 0.1) is 19.1 Å². The van der Waals surface area contributed by atoms with Crippen molar-refractivity contribution in [3.63, 3.8) is 0 Å². The summed E-state index contributed by atoms with van der Waals surface area (Å²) < 4.78 is 5.42. The molecule has 0 aliphatic carbocycles. The summed E-state index contributed by atoms with van der Waals surface area (Å²) in [6.07, 6.45) is -0.162. The monoisotopic (exact) mass is 393 g/mol. The summed E-state index contributed by atoms with van der Waals surface area (Å²) in [6.45, 7) is 2.81. The fourth-order valence-electron chi connectivity index (χ4n) is 2.96. The quantitative estimate of drug-likeness (QED) is 0.794. The van der Waals surface area contributed by atoms with Crippen LogP contribution >= 0.6 is 11.6 Å². The van der Waals surface area contributed by atoms with Gasteiger partial charge in [-0.25, -0.2) is 0 Å². The molecule has 0 radical (unpaired) electrons. The Balaban J connectivity index is 1.73. The van der Waals surface area contributed by atoms with Crippen LogP contribution in [0.1, 0.15) is 25.8 Å². The molecular formula is C17H20ClN5O4. The van der Waals surface area contributed by atoms with Crippen molar-refractivity contribution in [2.75, 3.05) is 19.7 Å². The SMILES string of the molecule is CC[C@@H](C(=O)N1CCO[C@@H](CC(=O)O)C1)n1nnc(-c2ccc(Cl)cc2)n1. The summed E-state index contributed by atoms with van der Waals surface area (Å²) in [7, 11) is 0. The Morgan fingerprint density at radius 2 is 2.11 bits per heavy atom. The van der Waals surface area contributed by atoms with Crippen LogP contribution in [-0.2, 0) is 14.3 Å². The highest BCUT2D eigenvalue weighted by Crippen LogP contribution is 2.20. The minimum absolute atomic E-state index is 0.136. The van der Waals surface area contributed by atoms with E-state index in [4.69, 9.17) is 21.4 Å². The van der Waals surface area contributed by atoms with E-state index >= 15 is 0 Å². The van der Waals surface area contributed by atoms with Crippen molar-refractivity contribution in [1.29, 1.82) is 0 Å². The number of aromatic nitrogens is 4. The molecule has 1 saturated heterocycles. The molecule has 0 bridgehead atoms. The van der Waals surface area contributed by atoms with Crippen molar-refractivity contribution >= 4 is 23.5 Å². The van der Waals surface area contributed by atoms with Gasteiger partial charge in [-0.2, -0.15) is 4.80 Å². The molecule has 1 aromatic carbocycles. The molecule has 0 unspecified atom stereocenters. The second-order valence-corrected chi connectivity index (χ2v) is 6.68. The number of halogens is 1. The van der Waals surface area contributed by atoms with Crippen LogP contribution in [0.2, 0.25) is 5.02 Å². The number of nitrogens with zero attached hydrogens (tertiary/aromatic N) is 5. The number of carboxylic acids is 1. The maximum atomic E-state index is 12.9. The lowest BCUT2D eigenvalue weighted by Gasteiger charge is -2.34. The Bertz CT molecular complexity index is 810. The van der Waals surface area contributed by atoms with Gasteiger partial charge >= 0.3 is 5.97 Å². The van der Waals surface area contributed by atoms with Gasteiger partial charge in [0.15, 0.2) is 6.04 Å². The minimum atomic E-state index is -0.952. The maximum Gasteiger partial charge on any atom is 0.306 e. The lowest BCUT2D eigenvalue weighted by atomic mass is 10.1. The minimum Gasteiger partial charge on any atom is -0.481 e. The molecule has 0 spiro atoms. The fourth-order valence-corrected chi connectivity index (χ4v) is 3.08. The molecule has 1 amide bonds. The lowest BCUT2D eigenvalue weighted by Crippen LogP contribution is -2.48. The number of morpholine rings is 1. The summed E-state index contributed by atoms with van der Waals surface area (Å²) >= 11 is 5.89. The van der Waals surface area contributed by atoms with Crippen LogP contribution in [0.15, 0.2) is 24.3 Å². The molecule has 10 heteroatoms. The van der Waals surface area contributed by atoms with Gasteiger partial charge in [0, 0.05) is 23.7 Å². The summed E-state index contributed by atoms with van der Waals surface area (Å²) in [4.78, 5) is 26.7. The first kappa shape index (κ1) is 19.2.